The van der Waals surface area contributed by atoms with Gasteiger partial charge in [0.15, 0.2) is 0 Å². The van der Waals surface area contributed by atoms with Crippen molar-refractivity contribution in [1.82, 2.24) is 14.9 Å². The van der Waals surface area contributed by atoms with E-state index in [1.807, 2.05) is 24.3 Å². The monoisotopic (exact) mass is 287 g/mol. The van der Waals surface area contributed by atoms with Gasteiger partial charge < -0.3 is 9.64 Å². The second-order valence-electron chi connectivity index (χ2n) is 5.43. The Kier molecular flexibility index (Phi) is 4.17. The molecule has 2 aromatic rings. The minimum Gasteiger partial charge on any atom is -0.477 e. The average molecular weight is 287 g/mol. The third-order valence-electron chi connectivity index (χ3n) is 4.06. The van der Waals surface area contributed by atoms with Gasteiger partial charge in [0.2, 0.25) is 11.8 Å². The van der Waals surface area contributed by atoms with Crippen molar-refractivity contribution in [3.8, 4) is 5.88 Å². The zero-order valence-electron chi connectivity index (χ0n) is 12.2. The molecule has 1 aromatic heterocycles. The number of anilines is 1. The van der Waals surface area contributed by atoms with Crippen molar-refractivity contribution >= 4 is 16.9 Å². The summed E-state index contributed by atoms with van der Waals surface area (Å²) in [5, 5.41) is 0.913. The molecule has 0 saturated carbocycles. The number of para-hydroxylation sites is 1. The highest BCUT2D eigenvalue weighted by Crippen LogP contribution is 2.24. The molecule has 1 aliphatic heterocycles. The van der Waals surface area contributed by atoms with Gasteiger partial charge in [-0.15, -0.1) is 0 Å². The predicted molar refractivity (Wildman–Crippen MR) is 83.1 cm³/mol. The minimum absolute atomic E-state index is 0.377. The lowest BCUT2D eigenvalue weighted by atomic mass is 10.1. The number of hydrogen-bond acceptors (Lipinski definition) is 6. The molecule has 0 amide bonds. The molecule has 1 aliphatic rings. The van der Waals surface area contributed by atoms with E-state index >= 15 is 0 Å². The quantitative estimate of drug-likeness (QED) is 0.645. The van der Waals surface area contributed by atoms with Crippen molar-refractivity contribution in [2.75, 3.05) is 25.6 Å². The first kappa shape index (κ1) is 14.0. The Balaban J connectivity index is 1.73. The van der Waals surface area contributed by atoms with Crippen LogP contribution in [0.1, 0.15) is 19.3 Å². The predicted octanol–water partition coefficient (Wildman–Crippen LogP) is 1.78. The smallest absolute Gasteiger partial charge is 0.241 e. The lowest BCUT2D eigenvalue weighted by molar-refractivity contribution is 0.230. The number of nitrogen functional groups attached to an aromatic ring is 1. The zero-order valence-corrected chi connectivity index (χ0v) is 12.2. The third kappa shape index (κ3) is 3.06. The van der Waals surface area contributed by atoms with Crippen LogP contribution < -0.4 is 16.0 Å². The van der Waals surface area contributed by atoms with Gasteiger partial charge in [-0.05, 0) is 45.0 Å². The Morgan fingerprint density at radius 2 is 2.24 bits per heavy atom. The zero-order chi connectivity index (χ0) is 14.7. The standard InChI is InChI=1S/C15H21N5O/c1-20-9-4-5-11(20)8-10-21-14-12-6-2-3-7-13(12)17-15(18-14)19-16/h2-3,6-7,11H,4-5,8-10,16H2,1H3,(H,17,18,19). The lowest BCUT2D eigenvalue weighted by Crippen LogP contribution is -2.26. The Hall–Kier alpha value is -1.92. The molecule has 2 heterocycles. The number of nitrogens with two attached hydrogens (primary N) is 1. The van der Waals surface area contributed by atoms with Crippen LogP contribution in [0.5, 0.6) is 5.88 Å². The fraction of sp³-hybridized carbons (Fsp3) is 0.467. The van der Waals surface area contributed by atoms with E-state index < -0.39 is 0 Å². The molecule has 0 aliphatic carbocycles. The van der Waals surface area contributed by atoms with E-state index in [-0.39, 0.29) is 0 Å². The molecule has 1 atom stereocenters. The molecule has 21 heavy (non-hydrogen) atoms. The Labute approximate surface area is 124 Å². The number of aromatic nitrogens is 2. The van der Waals surface area contributed by atoms with Gasteiger partial charge in [-0.1, -0.05) is 12.1 Å². The van der Waals surface area contributed by atoms with Crippen LogP contribution in [0.4, 0.5) is 5.95 Å². The highest BCUT2D eigenvalue weighted by atomic mass is 16.5. The fourth-order valence-corrected chi connectivity index (χ4v) is 2.86. The number of fused-ring (bicyclic) bond motifs is 1. The maximum atomic E-state index is 5.90. The van der Waals surface area contributed by atoms with Crippen LogP contribution in [0.3, 0.4) is 0 Å². The Morgan fingerprint density at radius 1 is 1.38 bits per heavy atom. The van der Waals surface area contributed by atoms with E-state index in [2.05, 4.69) is 27.3 Å². The summed E-state index contributed by atoms with van der Waals surface area (Å²) in [5.74, 6) is 6.39. The molecular weight excluding hydrogens is 266 g/mol. The maximum Gasteiger partial charge on any atom is 0.241 e. The largest absolute Gasteiger partial charge is 0.477 e. The van der Waals surface area contributed by atoms with Gasteiger partial charge in [-0.3, -0.25) is 5.43 Å². The number of hydrogen-bond donors (Lipinski definition) is 2. The normalized spacial score (nSPS) is 19.0. The number of hydrazine groups is 1. The van der Waals surface area contributed by atoms with Crippen LogP contribution in [-0.4, -0.2) is 41.1 Å². The van der Waals surface area contributed by atoms with Gasteiger partial charge in [0.1, 0.15) is 0 Å². The van der Waals surface area contributed by atoms with Gasteiger partial charge in [-0.25, -0.2) is 10.8 Å². The van der Waals surface area contributed by atoms with Crippen molar-refractivity contribution < 1.29 is 4.74 Å². The molecule has 112 valence electrons. The number of likely N-dealkylation sites (tertiary alicyclic amines) is 1. The molecule has 1 unspecified atom stereocenters. The Bertz CT molecular complexity index is 618. The van der Waals surface area contributed by atoms with Gasteiger partial charge in [0, 0.05) is 6.04 Å². The molecular formula is C15H21N5O. The van der Waals surface area contributed by atoms with Crippen LogP contribution in [0, 0.1) is 0 Å². The van der Waals surface area contributed by atoms with Crippen LogP contribution in [0.15, 0.2) is 24.3 Å². The average Bonchev–Trinajstić information content (AvgIpc) is 2.92. The molecule has 1 fully saturated rings. The molecule has 6 nitrogen and oxygen atoms in total. The molecule has 0 bridgehead atoms. The van der Waals surface area contributed by atoms with Crippen LogP contribution in [-0.2, 0) is 0 Å². The van der Waals surface area contributed by atoms with E-state index in [9.17, 15) is 0 Å². The van der Waals surface area contributed by atoms with Gasteiger partial charge in [0.25, 0.3) is 0 Å². The molecule has 1 aromatic carbocycles. The van der Waals surface area contributed by atoms with E-state index in [0.717, 1.165) is 17.3 Å². The van der Waals surface area contributed by atoms with Gasteiger partial charge >= 0.3 is 0 Å². The first-order valence-electron chi connectivity index (χ1n) is 7.34. The maximum absolute atomic E-state index is 5.90. The molecule has 3 rings (SSSR count). The summed E-state index contributed by atoms with van der Waals surface area (Å²) in [7, 11) is 2.17. The number of benzene rings is 1. The fourth-order valence-electron chi connectivity index (χ4n) is 2.86. The third-order valence-corrected chi connectivity index (χ3v) is 4.06. The topological polar surface area (TPSA) is 76.3 Å². The summed E-state index contributed by atoms with van der Waals surface area (Å²) in [4.78, 5) is 11.0. The minimum atomic E-state index is 0.377. The first-order valence-corrected chi connectivity index (χ1v) is 7.34. The Morgan fingerprint density at radius 3 is 3.00 bits per heavy atom. The van der Waals surface area contributed by atoms with E-state index in [0.29, 0.717) is 24.5 Å². The second kappa shape index (κ2) is 6.24. The SMILES string of the molecule is CN1CCCC1CCOc1nc(NN)nc2ccccc12. The highest BCUT2D eigenvalue weighted by Gasteiger charge is 2.20. The van der Waals surface area contributed by atoms with E-state index in [1.165, 1.54) is 19.4 Å². The molecule has 0 spiro atoms. The van der Waals surface area contributed by atoms with Gasteiger partial charge in [-0.2, -0.15) is 4.98 Å². The van der Waals surface area contributed by atoms with Crippen molar-refractivity contribution in [1.29, 1.82) is 0 Å². The summed E-state index contributed by atoms with van der Waals surface area (Å²) in [6.07, 6.45) is 3.54. The lowest BCUT2D eigenvalue weighted by Gasteiger charge is -2.19. The van der Waals surface area contributed by atoms with Crippen LogP contribution in [0.2, 0.25) is 0 Å². The highest BCUT2D eigenvalue weighted by molar-refractivity contribution is 5.84. The number of rotatable bonds is 5. The van der Waals surface area contributed by atoms with E-state index in [4.69, 9.17) is 10.6 Å². The molecule has 1 saturated heterocycles. The molecule has 0 radical (unpaired) electrons. The van der Waals surface area contributed by atoms with E-state index in [1.54, 1.807) is 0 Å². The van der Waals surface area contributed by atoms with Crippen molar-refractivity contribution in [3.05, 3.63) is 24.3 Å². The summed E-state index contributed by atoms with van der Waals surface area (Å²) in [6, 6.07) is 8.40. The van der Waals surface area contributed by atoms with Crippen molar-refractivity contribution in [3.63, 3.8) is 0 Å². The number of nitrogens with one attached hydrogen (secondary N) is 1. The number of ether oxygens (including phenoxy) is 1. The molecule has 3 N–H and O–H groups in total. The summed E-state index contributed by atoms with van der Waals surface area (Å²) >= 11 is 0. The first-order chi connectivity index (χ1) is 10.3. The van der Waals surface area contributed by atoms with Crippen molar-refractivity contribution in [2.24, 2.45) is 5.84 Å². The molecule has 6 heteroatoms. The van der Waals surface area contributed by atoms with Gasteiger partial charge in [0.05, 0.1) is 17.5 Å². The van der Waals surface area contributed by atoms with Crippen LogP contribution in [0.25, 0.3) is 10.9 Å². The summed E-state index contributed by atoms with van der Waals surface area (Å²) < 4.78 is 5.90. The second-order valence-corrected chi connectivity index (χ2v) is 5.43. The summed E-state index contributed by atoms with van der Waals surface area (Å²) in [5.41, 5.74) is 3.31. The number of nitrogens with zero attached hydrogens (tertiary/aromatic N) is 3. The van der Waals surface area contributed by atoms with Crippen molar-refractivity contribution in [2.45, 2.75) is 25.3 Å². The van der Waals surface area contributed by atoms with Crippen LogP contribution >= 0.6 is 0 Å². The summed E-state index contributed by atoms with van der Waals surface area (Å²) in [6.45, 7) is 1.84.